The molecule has 0 spiro atoms. The third-order valence-electron chi connectivity index (χ3n) is 7.33. The van der Waals surface area contributed by atoms with Gasteiger partial charge in [0.25, 0.3) is 17.4 Å². The lowest BCUT2D eigenvalue weighted by atomic mass is 10.1. The van der Waals surface area contributed by atoms with Crippen molar-refractivity contribution in [3.05, 3.63) is 39.3 Å². The predicted octanol–water partition coefficient (Wildman–Crippen LogP) is -4.54. The highest BCUT2D eigenvalue weighted by atomic mass is 32.1. The van der Waals surface area contributed by atoms with Crippen molar-refractivity contribution in [3.8, 4) is 5.75 Å². The number of fused-ring (bicyclic) bond motifs is 1. The van der Waals surface area contributed by atoms with Gasteiger partial charge in [-0.15, -0.1) is 11.3 Å². The fourth-order valence-corrected chi connectivity index (χ4v) is 5.31. The molecule has 2 unspecified atom stereocenters. The van der Waals surface area contributed by atoms with Crippen molar-refractivity contribution in [1.82, 2.24) is 19.9 Å². The lowest BCUT2D eigenvalue weighted by molar-refractivity contribution is -0.570. The molecule has 250 valence electrons. The van der Waals surface area contributed by atoms with E-state index in [4.69, 9.17) is 20.1 Å². The number of oxime groups is 1. The number of pyridine rings is 1. The summed E-state index contributed by atoms with van der Waals surface area (Å²) in [7, 11) is 0. The molecule has 5 heterocycles. The Kier molecular flexibility index (Phi) is 8.31. The van der Waals surface area contributed by atoms with Gasteiger partial charge in [-0.2, -0.15) is 9.63 Å². The molecular formula is C24H24N7O15S+. The van der Waals surface area contributed by atoms with Crippen LogP contribution in [0.1, 0.15) is 17.8 Å². The number of aromatic nitrogens is 2. The molecule has 0 aromatic carbocycles. The first-order valence-electron chi connectivity index (χ1n) is 13.1. The molecule has 3 aliphatic rings. The lowest BCUT2D eigenvalue weighted by Crippen LogP contribution is -2.57. The largest absolute Gasteiger partial charge is 0.502 e. The summed E-state index contributed by atoms with van der Waals surface area (Å²) in [5.74, 6) is -8.06. The molecule has 22 nitrogen and oxygen atoms in total. The number of ether oxygens (including phenoxy) is 1. The zero-order valence-electron chi connectivity index (χ0n) is 23.5. The van der Waals surface area contributed by atoms with E-state index in [2.05, 4.69) is 15.5 Å². The molecule has 0 saturated carbocycles. The van der Waals surface area contributed by atoms with E-state index in [0.717, 1.165) is 32.7 Å². The Hall–Kier alpha value is -5.65. The fourth-order valence-electron chi connectivity index (χ4n) is 4.76. The Morgan fingerprint density at radius 3 is 2.53 bits per heavy atom. The van der Waals surface area contributed by atoms with Gasteiger partial charge in [0.05, 0.1) is 19.6 Å². The van der Waals surface area contributed by atoms with Crippen molar-refractivity contribution in [1.29, 1.82) is 0 Å². The van der Waals surface area contributed by atoms with Gasteiger partial charge in [0.1, 0.15) is 24.5 Å². The average Bonchev–Trinajstić information content (AvgIpc) is 3.78. The van der Waals surface area contributed by atoms with E-state index in [1.165, 1.54) is 5.38 Å². The number of carboxylic acid groups (broad SMARTS) is 2. The molecule has 9 N–H and O–H groups in total. The zero-order chi connectivity index (χ0) is 34.4. The lowest BCUT2D eigenvalue weighted by Gasteiger charge is -2.30. The zero-order valence-corrected chi connectivity index (χ0v) is 24.3. The summed E-state index contributed by atoms with van der Waals surface area (Å²) >= 11 is 0.842. The molecule has 2 aromatic rings. The number of aliphatic carboxylic acids is 2. The summed E-state index contributed by atoms with van der Waals surface area (Å²) in [6, 6.07) is -2.84. The van der Waals surface area contributed by atoms with Gasteiger partial charge in [-0.1, -0.05) is 5.16 Å². The third-order valence-corrected chi connectivity index (χ3v) is 8.01. The van der Waals surface area contributed by atoms with Crippen LogP contribution >= 0.6 is 11.3 Å². The van der Waals surface area contributed by atoms with Gasteiger partial charge in [0, 0.05) is 11.4 Å². The van der Waals surface area contributed by atoms with E-state index in [0.29, 0.717) is 0 Å². The molecule has 47 heavy (non-hydrogen) atoms. The number of nitrogens with zero attached hydrogens (tertiary/aromatic N) is 5. The second-order valence-corrected chi connectivity index (χ2v) is 11.1. The minimum Gasteiger partial charge on any atom is -0.502 e. The monoisotopic (exact) mass is 682 g/mol. The number of carbonyl (C=O) groups excluding carboxylic acids is 3. The highest BCUT2D eigenvalue weighted by Crippen LogP contribution is 2.36. The molecular weight excluding hydrogens is 658 g/mol. The van der Waals surface area contributed by atoms with E-state index in [1.54, 1.807) is 0 Å². The molecule has 2 aromatic heterocycles. The van der Waals surface area contributed by atoms with Gasteiger partial charge in [-0.05, 0) is 0 Å². The number of anilines is 1. The summed E-state index contributed by atoms with van der Waals surface area (Å²) in [6.07, 6.45) is 0.0938. The number of esters is 1. The highest BCUT2D eigenvalue weighted by molar-refractivity contribution is 7.13. The van der Waals surface area contributed by atoms with Gasteiger partial charge < -0.3 is 51.3 Å². The first-order chi connectivity index (χ1) is 22.2. The van der Waals surface area contributed by atoms with Gasteiger partial charge in [-0.25, -0.2) is 23.9 Å². The Morgan fingerprint density at radius 1 is 1.23 bits per heavy atom. The SMILES string of the molecule is Nc1nc(/C(=N/OC(CO)(CO)C(=O)O)C(=O)N[C@H]2CON(C3(C(=O)O)CC([N+]4=C(O)n5cc(O)c(=O)cc5C4)C(=O)O3)C2=O)cs1. The van der Waals surface area contributed by atoms with Crippen molar-refractivity contribution in [3.63, 3.8) is 0 Å². The number of amides is 2. The fraction of sp³-hybridized carbons (Fsp3) is 0.375. The topological polar surface area (TPSA) is 326 Å². The summed E-state index contributed by atoms with van der Waals surface area (Å²) in [6.45, 7) is -3.52. The number of cyclic esters (lactones) is 1. The Bertz CT molecular complexity index is 1820. The van der Waals surface area contributed by atoms with Crippen LogP contribution in [0.25, 0.3) is 0 Å². The van der Waals surface area contributed by atoms with Crippen LogP contribution in [-0.2, 0) is 44.9 Å². The molecule has 23 heteroatoms. The Morgan fingerprint density at radius 2 is 1.94 bits per heavy atom. The van der Waals surface area contributed by atoms with Crippen LogP contribution in [-0.4, -0.2) is 135 Å². The maximum atomic E-state index is 13.4. The number of hydrogen-bond donors (Lipinski definition) is 8. The maximum absolute atomic E-state index is 13.4. The molecule has 3 atom stereocenters. The van der Waals surface area contributed by atoms with Crippen LogP contribution < -0.4 is 16.5 Å². The number of nitrogen functional groups attached to an aromatic ring is 1. The number of thiazole rings is 1. The molecule has 0 bridgehead atoms. The smallest absolute Gasteiger partial charge is 0.455 e. The Balaban J connectivity index is 1.38. The third kappa shape index (κ3) is 5.45. The molecule has 3 aliphatic heterocycles. The summed E-state index contributed by atoms with van der Waals surface area (Å²) < 4.78 is 7.13. The molecule has 2 saturated heterocycles. The second-order valence-electron chi connectivity index (χ2n) is 10.2. The first-order valence-corrected chi connectivity index (χ1v) is 14.0. The van der Waals surface area contributed by atoms with Crippen LogP contribution in [0.5, 0.6) is 5.75 Å². The molecule has 2 fully saturated rings. The van der Waals surface area contributed by atoms with Crippen molar-refractivity contribution < 1.29 is 73.6 Å². The van der Waals surface area contributed by atoms with E-state index in [-0.39, 0.29) is 28.1 Å². The number of carbonyl (C=O) groups is 5. The van der Waals surface area contributed by atoms with Crippen LogP contribution in [0.2, 0.25) is 0 Å². The van der Waals surface area contributed by atoms with Crippen molar-refractivity contribution in [2.75, 3.05) is 25.6 Å². The number of nitrogens with one attached hydrogen (secondary N) is 1. The van der Waals surface area contributed by atoms with Gasteiger partial charge in [0.2, 0.25) is 17.2 Å². The van der Waals surface area contributed by atoms with Crippen LogP contribution in [0, 0.1) is 0 Å². The number of rotatable bonds is 11. The molecule has 2 amide bonds. The maximum Gasteiger partial charge on any atom is 0.455 e. The number of hydroxylamine groups is 2. The summed E-state index contributed by atoms with van der Waals surface area (Å²) in [5.41, 5.74) is -1.52. The minimum atomic E-state index is -2.80. The van der Waals surface area contributed by atoms with Crippen LogP contribution in [0.4, 0.5) is 5.13 Å². The molecule has 0 radical (unpaired) electrons. The number of nitrogens with two attached hydrogens (primary N) is 1. The first kappa shape index (κ1) is 32.7. The van der Waals surface area contributed by atoms with E-state index >= 15 is 0 Å². The minimum absolute atomic E-state index is 0.0604. The second kappa shape index (κ2) is 11.9. The van der Waals surface area contributed by atoms with E-state index in [9.17, 15) is 59.4 Å². The number of aliphatic hydroxyl groups excluding tert-OH is 3. The normalized spacial score (nSPS) is 22.8. The van der Waals surface area contributed by atoms with Crippen molar-refractivity contribution in [2.45, 2.75) is 36.4 Å². The summed E-state index contributed by atoms with van der Waals surface area (Å²) in [4.78, 5) is 89.5. The van der Waals surface area contributed by atoms with Gasteiger partial charge >= 0.3 is 29.7 Å². The van der Waals surface area contributed by atoms with Crippen molar-refractivity contribution >= 4 is 57.9 Å². The van der Waals surface area contributed by atoms with Crippen LogP contribution in [0.15, 0.2) is 27.6 Å². The number of aromatic hydroxyl groups is 1. The quantitative estimate of drug-likeness (QED) is 0.0479. The van der Waals surface area contributed by atoms with E-state index in [1.807, 2.05) is 0 Å². The predicted molar refractivity (Wildman–Crippen MR) is 148 cm³/mol. The number of carboxylic acids is 2. The molecule has 5 rings (SSSR count). The number of aliphatic hydroxyl groups is 3. The summed E-state index contributed by atoms with van der Waals surface area (Å²) in [5, 5.41) is 65.9. The van der Waals surface area contributed by atoms with E-state index < -0.39 is 102 Å². The Labute approximate surface area is 263 Å². The average molecular weight is 683 g/mol. The molecule has 0 aliphatic carbocycles. The number of hydrogen-bond acceptors (Lipinski definition) is 16. The standard InChI is InChI=1S/C24H23N7O15S/c25-21-27-11(6-47-21)15(28-46-23(7-32,8-33)19(39)40)16(36)26-10-5-44-31(17(10)37)24(20(41)42)2-12(18(38)45-24)30-3-9-1-13(34)14(35)4-29(9)22(30)43/h1,4,6,10,12,32-33H,2-3,5,7-8H2,(H6,25,26,27,35,36,39,40,41,42)/p+1/b28-15-/t10-,12?,24?/m0/s1. The highest BCUT2D eigenvalue weighted by Gasteiger charge is 2.65. The van der Waals surface area contributed by atoms with Crippen LogP contribution in [0.3, 0.4) is 0 Å². The van der Waals surface area contributed by atoms with Gasteiger partial charge in [0.15, 0.2) is 23.1 Å². The van der Waals surface area contributed by atoms with Gasteiger partial charge in [-0.3, -0.25) is 19.2 Å². The van der Waals surface area contributed by atoms with Crippen molar-refractivity contribution in [2.24, 2.45) is 5.16 Å².